The quantitative estimate of drug-likeness (QED) is 0.742. The van der Waals surface area contributed by atoms with Crippen molar-refractivity contribution in [1.29, 1.82) is 0 Å². The van der Waals surface area contributed by atoms with Gasteiger partial charge in [0, 0.05) is 19.5 Å². The van der Waals surface area contributed by atoms with E-state index in [1.807, 2.05) is 30.3 Å². The molecule has 0 aliphatic carbocycles. The Morgan fingerprint density at radius 3 is 2.84 bits per heavy atom. The summed E-state index contributed by atoms with van der Waals surface area (Å²) in [5, 5.41) is 5.47. The zero-order chi connectivity index (χ0) is 13.5. The van der Waals surface area contributed by atoms with Crippen LogP contribution in [0.3, 0.4) is 0 Å². The minimum Gasteiger partial charge on any atom is -0.494 e. The van der Waals surface area contributed by atoms with E-state index in [0.717, 1.165) is 12.2 Å². The van der Waals surface area contributed by atoms with Crippen molar-refractivity contribution in [3.05, 3.63) is 30.3 Å². The molecule has 0 spiro atoms. The second-order valence-corrected chi connectivity index (χ2v) is 4.51. The van der Waals surface area contributed by atoms with Crippen LogP contribution >= 0.6 is 0 Å². The van der Waals surface area contributed by atoms with Gasteiger partial charge in [-0.3, -0.25) is 9.59 Å². The zero-order valence-electron chi connectivity index (χ0n) is 10.7. The molecule has 5 heteroatoms. The van der Waals surface area contributed by atoms with Crippen LogP contribution in [-0.2, 0) is 9.59 Å². The summed E-state index contributed by atoms with van der Waals surface area (Å²) < 4.78 is 5.51. The first kappa shape index (κ1) is 13.4. The first-order valence-corrected chi connectivity index (χ1v) is 6.48. The van der Waals surface area contributed by atoms with Crippen LogP contribution in [0.2, 0.25) is 0 Å². The summed E-state index contributed by atoms with van der Waals surface area (Å²) in [6.45, 7) is 1.58. The predicted octanol–water partition coefficient (Wildman–Crippen LogP) is 0.708. The molecule has 0 saturated carbocycles. The predicted molar refractivity (Wildman–Crippen MR) is 70.7 cm³/mol. The standard InChI is InChI=1S/C14H18N2O3/c17-13-9-11(10-16-13)14(18)15-7-4-8-19-12-5-2-1-3-6-12/h1-3,5-6,11H,4,7-10H2,(H,15,18)(H,16,17). The number of benzene rings is 1. The van der Waals surface area contributed by atoms with E-state index in [1.54, 1.807) is 0 Å². The minimum atomic E-state index is -0.220. The van der Waals surface area contributed by atoms with Crippen LogP contribution in [0.25, 0.3) is 0 Å². The summed E-state index contributed by atoms with van der Waals surface area (Å²) in [5.74, 6) is 0.507. The molecule has 102 valence electrons. The van der Waals surface area contributed by atoms with Gasteiger partial charge < -0.3 is 15.4 Å². The van der Waals surface area contributed by atoms with Crippen molar-refractivity contribution in [2.24, 2.45) is 5.92 Å². The van der Waals surface area contributed by atoms with Crippen LogP contribution in [-0.4, -0.2) is 31.5 Å². The monoisotopic (exact) mass is 262 g/mol. The molecular formula is C14H18N2O3. The Morgan fingerprint density at radius 1 is 1.37 bits per heavy atom. The maximum absolute atomic E-state index is 11.7. The summed E-state index contributed by atoms with van der Waals surface area (Å²) >= 11 is 0. The summed E-state index contributed by atoms with van der Waals surface area (Å²) in [7, 11) is 0. The number of hydrogen-bond acceptors (Lipinski definition) is 3. The molecule has 2 rings (SSSR count). The van der Waals surface area contributed by atoms with Gasteiger partial charge in [0.15, 0.2) is 0 Å². The summed E-state index contributed by atoms with van der Waals surface area (Å²) in [4.78, 5) is 22.7. The molecule has 1 saturated heterocycles. The van der Waals surface area contributed by atoms with Crippen molar-refractivity contribution in [3.8, 4) is 5.75 Å². The number of nitrogens with one attached hydrogen (secondary N) is 2. The highest BCUT2D eigenvalue weighted by molar-refractivity contribution is 5.89. The van der Waals surface area contributed by atoms with Crippen molar-refractivity contribution >= 4 is 11.8 Å². The van der Waals surface area contributed by atoms with Gasteiger partial charge >= 0.3 is 0 Å². The molecule has 0 bridgehead atoms. The van der Waals surface area contributed by atoms with Crippen LogP contribution in [0.1, 0.15) is 12.8 Å². The van der Waals surface area contributed by atoms with E-state index < -0.39 is 0 Å². The zero-order valence-corrected chi connectivity index (χ0v) is 10.7. The second kappa shape index (κ2) is 6.78. The van der Waals surface area contributed by atoms with Gasteiger partial charge in [-0.15, -0.1) is 0 Å². The number of hydrogen-bond donors (Lipinski definition) is 2. The lowest BCUT2D eigenvalue weighted by molar-refractivity contribution is -0.126. The highest BCUT2D eigenvalue weighted by Crippen LogP contribution is 2.09. The van der Waals surface area contributed by atoms with Crippen molar-refractivity contribution in [2.45, 2.75) is 12.8 Å². The summed E-state index contributed by atoms with van der Waals surface area (Å²) in [5.41, 5.74) is 0. The Hall–Kier alpha value is -2.04. The Balaban J connectivity index is 1.57. The fourth-order valence-electron chi connectivity index (χ4n) is 1.93. The Bertz CT molecular complexity index is 434. The Morgan fingerprint density at radius 2 is 2.16 bits per heavy atom. The van der Waals surface area contributed by atoms with Crippen molar-refractivity contribution in [1.82, 2.24) is 10.6 Å². The van der Waals surface area contributed by atoms with Gasteiger partial charge in [0.2, 0.25) is 11.8 Å². The average molecular weight is 262 g/mol. The van der Waals surface area contributed by atoms with Gasteiger partial charge in [-0.25, -0.2) is 0 Å². The number of carbonyl (C=O) groups excluding carboxylic acids is 2. The number of carbonyl (C=O) groups is 2. The lowest BCUT2D eigenvalue weighted by Gasteiger charge is -2.09. The van der Waals surface area contributed by atoms with Crippen molar-refractivity contribution in [2.75, 3.05) is 19.7 Å². The molecule has 1 aliphatic rings. The molecule has 5 nitrogen and oxygen atoms in total. The third-order valence-corrected chi connectivity index (χ3v) is 2.98. The number of amides is 2. The van der Waals surface area contributed by atoms with E-state index in [-0.39, 0.29) is 17.7 Å². The average Bonchev–Trinajstić information content (AvgIpc) is 2.86. The molecule has 2 N–H and O–H groups in total. The van der Waals surface area contributed by atoms with E-state index in [2.05, 4.69) is 10.6 Å². The lowest BCUT2D eigenvalue weighted by atomic mass is 10.1. The van der Waals surface area contributed by atoms with Crippen molar-refractivity contribution < 1.29 is 14.3 Å². The molecule has 1 atom stereocenters. The number of ether oxygens (including phenoxy) is 1. The van der Waals surface area contributed by atoms with Crippen LogP contribution in [0, 0.1) is 5.92 Å². The van der Waals surface area contributed by atoms with Gasteiger partial charge in [-0.2, -0.15) is 0 Å². The van der Waals surface area contributed by atoms with Gasteiger partial charge in [0.25, 0.3) is 0 Å². The fraction of sp³-hybridized carbons (Fsp3) is 0.429. The van der Waals surface area contributed by atoms with E-state index >= 15 is 0 Å². The third-order valence-electron chi connectivity index (χ3n) is 2.98. The molecule has 1 unspecified atom stereocenters. The maximum Gasteiger partial charge on any atom is 0.225 e. The van der Waals surface area contributed by atoms with Crippen molar-refractivity contribution in [3.63, 3.8) is 0 Å². The normalized spacial score (nSPS) is 17.9. The molecule has 1 aromatic rings. The molecule has 1 heterocycles. The molecular weight excluding hydrogens is 244 g/mol. The van der Waals surface area contributed by atoms with E-state index in [9.17, 15) is 9.59 Å². The molecule has 1 aromatic carbocycles. The first-order valence-electron chi connectivity index (χ1n) is 6.48. The van der Waals surface area contributed by atoms with E-state index in [4.69, 9.17) is 4.74 Å². The molecule has 0 aromatic heterocycles. The van der Waals surface area contributed by atoms with Crippen LogP contribution in [0.5, 0.6) is 5.75 Å². The van der Waals surface area contributed by atoms with Crippen LogP contribution in [0.4, 0.5) is 0 Å². The minimum absolute atomic E-state index is 0.0486. The Labute approximate surface area is 112 Å². The van der Waals surface area contributed by atoms with Gasteiger partial charge in [-0.1, -0.05) is 18.2 Å². The van der Waals surface area contributed by atoms with Gasteiger partial charge in [0.05, 0.1) is 12.5 Å². The molecule has 2 amide bonds. The van der Waals surface area contributed by atoms with Gasteiger partial charge in [0.1, 0.15) is 5.75 Å². The summed E-state index contributed by atoms with van der Waals surface area (Å²) in [6, 6.07) is 9.56. The fourth-order valence-corrected chi connectivity index (χ4v) is 1.93. The second-order valence-electron chi connectivity index (χ2n) is 4.51. The smallest absolute Gasteiger partial charge is 0.225 e. The van der Waals surface area contributed by atoms with Crippen LogP contribution < -0.4 is 15.4 Å². The topological polar surface area (TPSA) is 67.4 Å². The first-order chi connectivity index (χ1) is 9.25. The molecule has 1 fully saturated rings. The molecule has 0 radical (unpaired) electrons. The highest BCUT2D eigenvalue weighted by Gasteiger charge is 2.27. The number of rotatable bonds is 6. The number of para-hydroxylation sites is 1. The Kier molecular flexibility index (Phi) is 4.78. The highest BCUT2D eigenvalue weighted by atomic mass is 16.5. The van der Waals surface area contributed by atoms with E-state index in [1.165, 1.54) is 0 Å². The largest absolute Gasteiger partial charge is 0.494 e. The van der Waals surface area contributed by atoms with E-state index in [0.29, 0.717) is 26.1 Å². The van der Waals surface area contributed by atoms with Crippen LogP contribution in [0.15, 0.2) is 30.3 Å². The summed E-state index contributed by atoms with van der Waals surface area (Å²) in [6.07, 6.45) is 1.04. The third kappa shape index (κ3) is 4.28. The lowest BCUT2D eigenvalue weighted by Crippen LogP contribution is -2.33. The SMILES string of the molecule is O=C1CC(C(=O)NCCCOc2ccccc2)CN1. The molecule has 19 heavy (non-hydrogen) atoms. The maximum atomic E-state index is 11.7. The molecule has 1 aliphatic heterocycles. The van der Waals surface area contributed by atoms with Gasteiger partial charge in [-0.05, 0) is 18.6 Å².